The van der Waals surface area contributed by atoms with Gasteiger partial charge in [0.1, 0.15) is 5.75 Å². The molecule has 0 atom stereocenters. The predicted molar refractivity (Wildman–Crippen MR) is 249 cm³/mol. The van der Waals surface area contributed by atoms with Crippen LogP contribution in [0.1, 0.15) is 283 Å². The molecule has 0 saturated carbocycles. The van der Waals surface area contributed by atoms with Crippen molar-refractivity contribution in [2.75, 3.05) is 6.61 Å². The number of hydrogen-bond acceptors (Lipinski definition) is 3. The van der Waals surface area contributed by atoms with Crippen molar-refractivity contribution in [3.8, 4) is 5.75 Å². The molecular weight excluding hydrogens is 724 g/mol. The van der Waals surface area contributed by atoms with Gasteiger partial charge in [0.05, 0.1) is 13.2 Å². The topological polar surface area (TPSA) is 76.0 Å². The van der Waals surface area contributed by atoms with Gasteiger partial charge < -0.3 is 14.5 Å². The number of unbranched alkanes of at least 4 members (excludes halogenated alkanes) is 30. The van der Waals surface area contributed by atoms with E-state index in [1.807, 2.05) is 0 Å². The Labute approximate surface area is 355 Å². The van der Waals surface area contributed by atoms with Crippen LogP contribution in [-0.4, -0.2) is 16.4 Å². The minimum absolute atomic E-state index is 0.0932. The minimum atomic E-state index is -4.62. The van der Waals surface area contributed by atoms with E-state index in [9.17, 15) is 14.4 Å². The molecule has 0 heterocycles. The molecule has 2 N–H and O–H groups in total. The Balaban J connectivity index is 2.69. The quantitative estimate of drug-likeness (QED) is 0.0513. The Bertz CT molecular complexity index is 1140. The first-order valence-corrected chi connectivity index (χ1v) is 26.3. The van der Waals surface area contributed by atoms with Crippen LogP contribution in [0.3, 0.4) is 0 Å². The van der Waals surface area contributed by atoms with Gasteiger partial charge in [-0.1, -0.05) is 248 Å². The second kappa shape index (κ2) is 32.8. The summed E-state index contributed by atoms with van der Waals surface area (Å²) in [5, 5.41) is 0. The average Bonchev–Trinajstić information content (AvgIpc) is 3.13. The van der Waals surface area contributed by atoms with Gasteiger partial charge in [-0.3, -0.25) is 4.52 Å². The molecule has 5 nitrogen and oxygen atoms in total. The van der Waals surface area contributed by atoms with Crippen molar-refractivity contribution in [3.05, 3.63) is 28.3 Å². The first kappa shape index (κ1) is 54.1. The standard InChI is InChI=1S/C51H97O5P/c1-9-11-13-15-17-19-21-23-25-27-29-31-33-35-37-39-41-46-45(44-56-57(52,53)54)43-47(50(3,4)5)49(48(46)51(6,7)8)55-42-40-38-36-34-32-30-28-26-24-22-20-18-16-14-12-10-2/h43H,9-42,44H2,1-8H3,(H2,52,53,54). The summed E-state index contributed by atoms with van der Waals surface area (Å²) in [6, 6.07) is 2.13. The van der Waals surface area contributed by atoms with Crippen molar-refractivity contribution < 1.29 is 23.6 Å². The fourth-order valence-corrected chi connectivity index (χ4v) is 8.81. The lowest BCUT2D eigenvalue weighted by atomic mass is 9.74. The third kappa shape index (κ3) is 28.3. The molecule has 0 unspecified atom stereocenters. The summed E-state index contributed by atoms with van der Waals surface area (Å²) in [5.41, 5.74) is 3.95. The van der Waals surface area contributed by atoms with E-state index in [1.165, 1.54) is 192 Å². The summed E-state index contributed by atoms with van der Waals surface area (Å²) >= 11 is 0. The fraction of sp³-hybridized carbons (Fsp3) is 0.882. The van der Waals surface area contributed by atoms with E-state index in [0.29, 0.717) is 6.61 Å². The summed E-state index contributed by atoms with van der Waals surface area (Å²) < 4.78 is 23.9. The fourth-order valence-electron chi connectivity index (χ4n) is 8.50. The lowest BCUT2D eigenvalue weighted by Gasteiger charge is -2.33. The van der Waals surface area contributed by atoms with Crippen LogP contribution in [-0.2, 0) is 32.9 Å². The average molecular weight is 821 g/mol. The largest absolute Gasteiger partial charge is 0.493 e. The van der Waals surface area contributed by atoms with Gasteiger partial charge in [-0.15, -0.1) is 0 Å². The molecule has 1 aromatic carbocycles. The Morgan fingerprint density at radius 2 is 0.825 bits per heavy atom. The van der Waals surface area contributed by atoms with Crippen LogP contribution in [0.2, 0.25) is 0 Å². The number of phosphoric acid groups is 1. The van der Waals surface area contributed by atoms with Crippen molar-refractivity contribution >= 4 is 7.82 Å². The predicted octanol–water partition coefficient (Wildman–Crippen LogP) is 17.3. The zero-order valence-electron chi connectivity index (χ0n) is 39.4. The van der Waals surface area contributed by atoms with Crippen LogP contribution in [0.5, 0.6) is 5.75 Å². The molecule has 0 radical (unpaired) electrons. The first-order chi connectivity index (χ1) is 27.2. The maximum absolute atomic E-state index is 11.9. The van der Waals surface area contributed by atoms with Crippen molar-refractivity contribution in [1.82, 2.24) is 0 Å². The Hall–Kier alpha value is -0.870. The summed E-state index contributed by atoms with van der Waals surface area (Å²) in [4.78, 5) is 19.4. The van der Waals surface area contributed by atoms with Crippen LogP contribution < -0.4 is 4.74 Å². The van der Waals surface area contributed by atoms with E-state index in [0.717, 1.165) is 48.1 Å². The molecule has 0 aliphatic carbocycles. The second-order valence-corrected chi connectivity index (χ2v) is 21.0. The van der Waals surface area contributed by atoms with Gasteiger partial charge in [0.15, 0.2) is 0 Å². The van der Waals surface area contributed by atoms with Crippen LogP contribution >= 0.6 is 7.82 Å². The van der Waals surface area contributed by atoms with E-state index in [4.69, 9.17) is 9.26 Å². The number of phosphoric ester groups is 1. The summed E-state index contributed by atoms with van der Waals surface area (Å²) in [6.45, 7) is 18.6. The maximum Gasteiger partial charge on any atom is 0.469 e. The normalized spacial score (nSPS) is 12.5. The summed E-state index contributed by atoms with van der Waals surface area (Å²) in [6.07, 6.45) is 43.9. The van der Waals surface area contributed by atoms with Crippen LogP contribution in [0.4, 0.5) is 0 Å². The molecule has 0 spiro atoms. The van der Waals surface area contributed by atoms with E-state index in [2.05, 4.69) is 61.5 Å². The molecular formula is C51H97O5P. The van der Waals surface area contributed by atoms with Gasteiger partial charge in [-0.25, -0.2) is 4.57 Å². The third-order valence-corrected chi connectivity index (χ3v) is 12.4. The first-order valence-electron chi connectivity index (χ1n) is 24.7. The number of benzene rings is 1. The SMILES string of the molecule is CCCCCCCCCCCCCCCCCCOc1c(C(C)(C)C)cc(COP(=O)(O)O)c(CCCCCCCCCCCCCCCCCC)c1C(C)(C)C. The molecule has 6 heteroatoms. The highest BCUT2D eigenvalue weighted by Crippen LogP contribution is 2.46. The summed E-state index contributed by atoms with van der Waals surface area (Å²) in [5.74, 6) is 0.988. The van der Waals surface area contributed by atoms with Crippen molar-refractivity contribution in [3.63, 3.8) is 0 Å². The minimum Gasteiger partial charge on any atom is -0.493 e. The molecule has 0 amide bonds. The molecule has 0 fully saturated rings. The highest BCUT2D eigenvalue weighted by atomic mass is 31.2. The Kier molecular flexibility index (Phi) is 31.2. The van der Waals surface area contributed by atoms with Crippen molar-refractivity contribution in [2.24, 2.45) is 0 Å². The molecule has 336 valence electrons. The Morgan fingerprint density at radius 3 is 1.14 bits per heavy atom. The third-order valence-electron chi connectivity index (χ3n) is 12.0. The smallest absolute Gasteiger partial charge is 0.469 e. The van der Waals surface area contributed by atoms with E-state index < -0.39 is 7.82 Å². The van der Waals surface area contributed by atoms with Gasteiger partial charge in [-0.2, -0.15) is 0 Å². The molecule has 57 heavy (non-hydrogen) atoms. The van der Waals surface area contributed by atoms with Crippen LogP contribution in [0, 0.1) is 0 Å². The number of rotatable bonds is 38. The molecule has 0 aromatic heterocycles. The molecule has 1 rings (SSSR count). The highest BCUT2D eigenvalue weighted by Gasteiger charge is 2.32. The molecule has 0 bridgehead atoms. The van der Waals surface area contributed by atoms with E-state index >= 15 is 0 Å². The highest BCUT2D eigenvalue weighted by molar-refractivity contribution is 7.46. The lowest BCUT2D eigenvalue weighted by molar-refractivity contribution is 0.188. The van der Waals surface area contributed by atoms with E-state index in [1.54, 1.807) is 0 Å². The molecule has 0 saturated heterocycles. The van der Waals surface area contributed by atoms with Gasteiger partial charge in [0.25, 0.3) is 0 Å². The lowest BCUT2D eigenvalue weighted by Crippen LogP contribution is -2.23. The monoisotopic (exact) mass is 821 g/mol. The molecule has 0 aliphatic rings. The number of hydrogen-bond donors (Lipinski definition) is 2. The van der Waals surface area contributed by atoms with Gasteiger partial charge in [0.2, 0.25) is 0 Å². The zero-order chi connectivity index (χ0) is 42.3. The Morgan fingerprint density at radius 1 is 0.491 bits per heavy atom. The van der Waals surface area contributed by atoms with Crippen LogP contribution in [0.25, 0.3) is 0 Å². The maximum atomic E-state index is 11.9. The molecule has 1 aromatic rings. The van der Waals surface area contributed by atoms with Gasteiger partial charge in [-0.05, 0) is 47.3 Å². The molecule has 0 aliphatic heterocycles. The summed E-state index contributed by atoms with van der Waals surface area (Å²) in [7, 11) is -4.62. The van der Waals surface area contributed by atoms with Crippen molar-refractivity contribution in [2.45, 2.75) is 285 Å². The van der Waals surface area contributed by atoms with Gasteiger partial charge in [0, 0.05) is 11.1 Å². The van der Waals surface area contributed by atoms with Crippen molar-refractivity contribution in [1.29, 1.82) is 0 Å². The second-order valence-electron chi connectivity index (χ2n) is 19.7. The zero-order valence-corrected chi connectivity index (χ0v) is 40.3. The number of ether oxygens (including phenoxy) is 1. The van der Waals surface area contributed by atoms with E-state index in [-0.39, 0.29) is 17.4 Å². The van der Waals surface area contributed by atoms with Crippen LogP contribution in [0.15, 0.2) is 6.07 Å². The van der Waals surface area contributed by atoms with Gasteiger partial charge >= 0.3 is 7.82 Å².